The van der Waals surface area contributed by atoms with E-state index in [0.717, 1.165) is 6.07 Å². The third kappa shape index (κ3) is 2.22. The maximum absolute atomic E-state index is 13.1. The summed E-state index contributed by atoms with van der Waals surface area (Å²) in [5, 5.41) is 9.18. The first-order valence-corrected chi connectivity index (χ1v) is 6.80. The number of carboxylic acid groups (broad SMARTS) is 1. The highest BCUT2D eigenvalue weighted by atomic mass is 19.1. The van der Waals surface area contributed by atoms with Crippen LogP contribution in [0.2, 0.25) is 0 Å². The van der Waals surface area contributed by atoms with Crippen molar-refractivity contribution in [3.05, 3.63) is 63.3 Å². The molecular formula is C16H12FNO4. The zero-order valence-electron chi connectivity index (χ0n) is 11.5. The number of Topliss-reactive ketones (excluding diaryl/α,β-unsaturated/α-hetero) is 1. The van der Waals surface area contributed by atoms with Gasteiger partial charge < -0.3 is 5.11 Å². The molecule has 1 aromatic carbocycles. The molecule has 0 fully saturated rings. The van der Waals surface area contributed by atoms with Crippen LogP contribution in [0.5, 0.6) is 0 Å². The summed E-state index contributed by atoms with van der Waals surface area (Å²) in [4.78, 5) is 35.8. The monoisotopic (exact) mass is 301 g/mol. The van der Waals surface area contributed by atoms with Gasteiger partial charge in [0, 0.05) is 23.4 Å². The molecule has 0 radical (unpaired) electrons. The maximum atomic E-state index is 13.1. The number of hydrogen-bond acceptors (Lipinski definition) is 3. The smallest absolute Gasteiger partial charge is 0.341 e. The van der Waals surface area contributed by atoms with E-state index in [4.69, 9.17) is 0 Å². The molecule has 0 unspecified atom stereocenters. The standard InChI is InChI=1S/C16H12FNO4/c17-9-4-6-10(7-5-9)18-13-2-1-3-14(19)11(13)8-12(15(18)20)16(21)22/h4-8H,1-3H2,(H,21,22). The molecule has 5 nitrogen and oxygen atoms in total. The molecule has 1 N–H and O–H groups in total. The third-order valence-corrected chi connectivity index (χ3v) is 3.74. The van der Waals surface area contributed by atoms with Crippen molar-refractivity contribution in [1.29, 1.82) is 0 Å². The fourth-order valence-corrected chi connectivity index (χ4v) is 2.71. The van der Waals surface area contributed by atoms with Gasteiger partial charge in [-0.15, -0.1) is 0 Å². The molecule has 0 saturated heterocycles. The second-order valence-corrected chi connectivity index (χ2v) is 5.12. The predicted octanol–water partition coefficient (Wildman–Crippen LogP) is 2.19. The van der Waals surface area contributed by atoms with Crippen LogP contribution in [0.15, 0.2) is 35.1 Å². The Bertz CT molecular complexity index is 836. The van der Waals surface area contributed by atoms with E-state index in [1.165, 1.54) is 28.8 Å². The van der Waals surface area contributed by atoms with Crippen LogP contribution in [0.3, 0.4) is 0 Å². The van der Waals surface area contributed by atoms with E-state index >= 15 is 0 Å². The summed E-state index contributed by atoms with van der Waals surface area (Å²) in [5.74, 6) is -2.03. The Morgan fingerprint density at radius 3 is 2.45 bits per heavy atom. The fourth-order valence-electron chi connectivity index (χ4n) is 2.71. The number of benzene rings is 1. The first-order chi connectivity index (χ1) is 10.5. The van der Waals surface area contributed by atoms with Gasteiger partial charge in [0.15, 0.2) is 5.78 Å². The van der Waals surface area contributed by atoms with Crippen LogP contribution in [-0.2, 0) is 6.42 Å². The van der Waals surface area contributed by atoms with Crippen molar-refractivity contribution >= 4 is 11.8 Å². The summed E-state index contributed by atoms with van der Waals surface area (Å²) in [5.41, 5.74) is -0.0863. The number of fused-ring (bicyclic) bond motifs is 1. The van der Waals surface area contributed by atoms with Gasteiger partial charge in [0.05, 0.1) is 0 Å². The molecule has 0 spiro atoms. The van der Waals surface area contributed by atoms with Crippen molar-refractivity contribution in [2.24, 2.45) is 0 Å². The summed E-state index contributed by atoms with van der Waals surface area (Å²) in [6.07, 6.45) is 1.42. The highest BCUT2D eigenvalue weighted by Gasteiger charge is 2.25. The lowest BCUT2D eigenvalue weighted by Crippen LogP contribution is -2.31. The first-order valence-electron chi connectivity index (χ1n) is 6.80. The van der Waals surface area contributed by atoms with Crippen LogP contribution in [0.1, 0.15) is 39.3 Å². The van der Waals surface area contributed by atoms with Gasteiger partial charge in [-0.05, 0) is 43.2 Å². The summed E-state index contributed by atoms with van der Waals surface area (Å²) >= 11 is 0. The Morgan fingerprint density at radius 2 is 1.82 bits per heavy atom. The number of carboxylic acids is 1. The van der Waals surface area contributed by atoms with E-state index in [1.807, 2.05) is 0 Å². The van der Waals surface area contributed by atoms with Crippen LogP contribution in [0, 0.1) is 5.82 Å². The lowest BCUT2D eigenvalue weighted by Gasteiger charge is -2.21. The number of ketones is 1. The Morgan fingerprint density at radius 1 is 1.14 bits per heavy atom. The fraction of sp³-hybridized carbons (Fsp3) is 0.188. The number of halogens is 1. The maximum Gasteiger partial charge on any atom is 0.341 e. The molecule has 1 aliphatic rings. The zero-order chi connectivity index (χ0) is 15.9. The number of nitrogens with zero attached hydrogens (tertiary/aromatic N) is 1. The molecule has 0 bridgehead atoms. The van der Waals surface area contributed by atoms with E-state index in [1.54, 1.807) is 0 Å². The van der Waals surface area contributed by atoms with Crippen molar-refractivity contribution in [2.45, 2.75) is 19.3 Å². The molecule has 1 aromatic heterocycles. The van der Waals surface area contributed by atoms with E-state index in [9.17, 15) is 23.9 Å². The molecule has 112 valence electrons. The highest BCUT2D eigenvalue weighted by molar-refractivity contribution is 6.00. The molecule has 0 aliphatic heterocycles. The molecule has 1 heterocycles. The minimum Gasteiger partial charge on any atom is -0.477 e. The number of carbonyl (C=O) groups excluding carboxylic acids is 1. The van der Waals surface area contributed by atoms with Gasteiger partial charge in [0.1, 0.15) is 11.4 Å². The van der Waals surface area contributed by atoms with E-state index in [0.29, 0.717) is 30.6 Å². The Labute approximate surface area is 124 Å². The van der Waals surface area contributed by atoms with Crippen LogP contribution in [0.4, 0.5) is 4.39 Å². The van der Waals surface area contributed by atoms with Crippen molar-refractivity contribution in [3.8, 4) is 5.69 Å². The summed E-state index contributed by atoms with van der Waals surface area (Å²) in [7, 11) is 0. The molecule has 2 aromatic rings. The Balaban J connectivity index is 2.36. The molecule has 3 rings (SSSR count). The zero-order valence-corrected chi connectivity index (χ0v) is 11.5. The van der Waals surface area contributed by atoms with Crippen molar-refractivity contribution < 1.29 is 19.1 Å². The predicted molar refractivity (Wildman–Crippen MR) is 76.2 cm³/mol. The number of aromatic nitrogens is 1. The molecule has 0 atom stereocenters. The summed E-state index contributed by atoms with van der Waals surface area (Å²) < 4.78 is 14.3. The highest BCUT2D eigenvalue weighted by Crippen LogP contribution is 2.23. The number of aromatic carboxylic acids is 1. The summed E-state index contributed by atoms with van der Waals surface area (Å²) in [6, 6.07) is 6.31. The van der Waals surface area contributed by atoms with Gasteiger partial charge in [-0.3, -0.25) is 14.2 Å². The van der Waals surface area contributed by atoms with Gasteiger partial charge >= 0.3 is 5.97 Å². The van der Waals surface area contributed by atoms with Gasteiger partial charge in [-0.1, -0.05) is 0 Å². The first kappa shape index (κ1) is 14.2. The molecule has 6 heteroatoms. The molecule has 0 amide bonds. The second-order valence-electron chi connectivity index (χ2n) is 5.12. The van der Waals surface area contributed by atoms with E-state index < -0.39 is 22.9 Å². The average Bonchev–Trinajstić information content (AvgIpc) is 2.48. The topological polar surface area (TPSA) is 76.4 Å². The minimum atomic E-state index is -1.39. The largest absolute Gasteiger partial charge is 0.477 e. The average molecular weight is 301 g/mol. The van der Waals surface area contributed by atoms with Crippen molar-refractivity contribution in [1.82, 2.24) is 4.57 Å². The van der Waals surface area contributed by atoms with Crippen LogP contribution >= 0.6 is 0 Å². The van der Waals surface area contributed by atoms with Crippen molar-refractivity contribution in [3.63, 3.8) is 0 Å². The summed E-state index contributed by atoms with van der Waals surface area (Å²) in [6.45, 7) is 0. The third-order valence-electron chi connectivity index (χ3n) is 3.74. The van der Waals surface area contributed by atoms with E-state index in [2.05, 4.69) is 0 Å². The normalized spacial score (nSPS) is 13.8. The SMILES string of the molecule is O=C1CCCc2c1cc(C(=O)O)c(=O)n2-c1ccc(F)cc1. The van der Waals surface area contributed by atoms with Gasteiger partial charge in [0.2, 0.25) is 0 Å². The van der Waals surface area contributed by atoms with E-state index in [-0.39, 0.29) is 11.3 Å². The van der Waals surface area contributed by atoms with Crippen LogP contribution in [0.25, 0.3) is 5.69 Å². The quantitative estimate of drug-likeness (QED) is 0.922. The van der Waals surface area contributed by atoms with Crippen LogP contribution in [-0.4, -0.2) is 21.4 Å². The Hall–Kier alpha value is -2.76. The number of hydrogen-bond donors (Lipinski definition) is 1. The Kier molecular flexibility index (Phi) is 3.36. The minimum absolute atomic E-state index is 0.181. The van der Waals surface area contributed by atoms with Gasteiger partial charge in [-0.25, -0.2) is 9.18 Å². The number of rotatable bonds is 2. The molecular weight excluding hydrogens is 289 g/mol. The second kappa shape index (κ2) is 5.22. The van der Waals surface area contributed by atoms with Gasteiger partial charge in [-0.2, -0.15) is 0 Å². The number of carbonyl (C=O) groups is 2. The number of pyridine rings is 1. The molecule has 22 heavy (non-hydrogen) atoms. The lowest BCUT2D eigenvalue weighted by atomic mass is 9.93. The van der Waals surface area contributed by atoms with Gasteiger partial charge in [0.25, 0.3) is 5.56 Å². The van der Waals surface area contributed by atoms with Crippen molar-refractivity contribution in [2.75, 3.05) is 0 Å². The molecule has 0 saturated carbocycles. The lowest BCUT2D eigenvalue weighted by molar-refractivity contribution is 0.0694. The van der Waals surface area contributed by atoms with Crippen LogP contribution < -0.4 is 5.56 Å². The molecule has 1 aliphatic carbocycles.